The molecule has 2 aromatic heterocycles. The van der Waals surface area contributed by atoms with E-state index < -0.39 is 57.7 Å². The summed E-state index contributed by atoms with van der Waals surface area (Å²) >= 11 is 0. The number of carbonyl (C=O) groups excluding carboxylic acids is 1. The molecule has 0 aliphatic rings. The number of halogens is 2. The van der Waals surface area contributed by atoms with Gasteiger partial charge in [-0.05, 0) is 37.1 Å². The monoisotopic (exact) mass is 398 g/mol. The lowest BCUT2D eigenvalue weighted by Crippen LogP contribution is -2.18. The second kappa shape index (κ2) is 7.07. The van der Waals surface area contributed by atoms with Gasteiger partial charge in [0.1, 0.15) is 11.5 Å². The van der Waals surface area contributed by atoms with Crippen LogP contribution < -0.4 is 4.72 Å². The molecule has 3 aromatic rings. The minimum atomic E-state index is -5.08. The summed E-state index contributed by atoms with van der Waals surface area (Å²) in [5, 5.41) is 0.300. The molecule has 27 heavy (non-hydrogen) atoms. The summed E-state index contributed by atoms with van der Waals surface area (Å²) < 4.78 is 92.3. The molecule has 0 saturated heterocycles. The molecule has 0 bridgehead atoms. The topological polar surface area (TPSA) is 91.9 Å². The highest BCUT2D eigenvalue weighted by molar-refractivity contribution is 7.92. The van der Waals surface area contributed by atoms with E-state index in [1.165, 1.54) is 12.4 Å². The largest absolute Gasteiger partial charge is 0.345 e. The Hall–Kier alpha value is -2.81. The molecule has 0 saturated carbocycles. The van der Waals surface area contributed by atoms with Crippen LogP contribution in [0, 0.1) is 18.6 Å². The third kappa shape index (κ3) is 3.68. The van der Waals surface area contributed by atoms with E-state index in [-0.39, 0.29) is 5.56 Å². The van der Waals surface area contributed by atoms with Crippen molar-refractivity contribution in [2.75, 3.05) is 10.4 Å². The maximum atomic E-state index is 15.1. The molecule has 6 nitrogen and oxygen atoms in total. The second-order valence-corrected chi connectivity index (χ2v) is 7.15. The van der Waals surface area contributed by atoms with Gasteiger partial charge in [0.2, 0.25) is 15.8 Å². The number of ketones is 1. The lowest BCUT2D eigenvalue weighted by atomic mass is 10.0. The summed E-state index contributed by atoms with van der Waals surface area (Å²) in [5.74, 6) is -3.93. The van der Waals surface area contributed by atoms with Crippen molar-refractivity contribution in [2.45, 2.75) is 20.2 Å². The molecule has 0 amide bonds. The average Bonchev–Trinajstić information content (AvgIpc) is 3.05. The first kappa shape index (κ1) is 13.4. The molecule has 0 aliphatic carbocycles. The summed E-state index contributed by atoms with van der Waals surface area (Å²) in [7, 11) is -5.08. The van der Waals surface area contributed by atoms with Crippen LogP contribution in [0.25, 0.3) is 11.0 Å². The fourth-order valence-corrected chi connectivity index (χ4v) is 3.26. The summed E-state index contributed by atoms with van der Waals surface area (Å²) in [4.78, 5) is 19.7. The normalized spacial score (nSPS) is 15.4. The van der Waals surface area contributed by atoms with E-state index in [9.17, 15) is 17.6 Å². The second-order valence-electron chi connectivity index (χ2n) is 5.65. The highest BCUT2D eigenvalue weighted by Gasteiger charge is 2.25. The molecular weight excluding hydrogens is 376 g/mol. The van der Waals surface area contributed by atoms with Crippen molar-refractivity contribution in [1.29, 1.82) is 0 Å². The van der Waals surface area contributed by atoms with Gasteiger partial charge in [-0.15, -0.1) is 0 Å². The van der Waals surface area contributed by atoms with Crippen LogP contribution in [0.2, 0.25) is 0 Å². The number of fused-ring (bicyclic) bond motifs is 1. The standard InChI is InChI=1S/C18H17F2N3O3S/c1-3-6-27(25,26)23-14-5-4-13(19)15(16(14)20)17(24)12-9-22-18-11(12)7-10(2)8-21-18/h4-5,7-9,23H,3,6H2,1-2H3,(H,21,22)/i1D3,6D2. The number of hydrogen-bond donors (Lipinski definition) is 2. The van der Waals surface area contributed by atoms with Gasteiger partial charge in [0, 0.05) is 30.2 Å². The first-order valence-electron chi connectivity index (χ1n) is 10.1. The number of H-pyrrole nitrogens is 1. The highest BCUT2D eigenvalue weighted by Crippen LogP contribution is 2.27. The zero-order valence-electron chi connectivity index (χ0n) is 18.9. The highest BCUT2D eigenvalue weighted by atomic mass is 32.2. The van der Waals surface area contributed by atoms with Crippen molar-refractivity contribution >= 4 is 32.5 Å². The fourth-order valence-electron chi connectivity index (χ4n) is 2.55. The minimum absolute atomic E-state index is 0.105. The Labute approximate surface area is 161 Å². The maximum absolute atomic E-state index is 15.1. The van der Waals surface area contributed by atoms with Gasteiger partial charge >= 0.3 is 0 Å². The fraction of sp³-hybridized carbons (Fsp3) is 0.222. The smallest absolute Gasteiger partial charge is 0.232 e. The van der Waals surface area contributed by atoms with Crippen LogP contribution in [0.1, 0.15) is 41.6 Å². The number of carbonyl (C=O) groups is 1. The van der Waals surface area contributed by atoms with E-state index in [2.05, 4.69) is 9.97 Å². The molecule has 142 valence electrons. The van der Waals surface area contributed by atoms with Gasteiger partial charge in [0.05, 0.1) is 17.0 Å². The van der Waals surface area contributed by atoms with Gasteiger partial charge in [-0.1, -0.05) is 6.85 Å². The molecule has 0 radical (unpaired) electrons. The van der Waals surface area contributed by atoms with Gasteiger partial charge in [0.15, 0.2) is 5.82 Å². The predicted molar refractivity (Wildman–Crippen MR) is 98.3 cm³/mol. The molecule has 1 aromatic carbocycles. The maximum Gasteiger partial charge on any atom is 0.232 e. The number of pyridine rings is 1. The van der Waals surface area contributed by atoms with E-state index in [1.54, 1.807) is 17.7 Å². The van der Waals surface area contributed by atoms with Crippen LogP contribution in [-0.2, 0) is 10.0 Å². The number of hydrogen-bond acceptors (Lipinski definition) is 4. The number of nitrogens with zero attached hydrogens (tertiary/aromatic N) is 1. The molecule has 2 N–H and O–H groups in total. The number of aromatic amines is 1. The number of benzene rings is 1. The quantitative estimate of drug-likeness (QED) is 0.622. The Morgan fingerprint density at radius 1 is 1.41 bits per heavy atom. The number of anilines is 1. The zero-order valence-corrected chi connectivity index (χ0v) is 14.7. The lowest BCUT2D eigenvalue weighted by Gasteiger charge is -2.11. The van der Waals surface area contributed by atoms with Crippen molar-refractivity contribution in [3.8, 4) is 0 Å². The molecule has 0 unspecified atom stereocenters. The number of sulfonamides is 1. The number of aryl methyl sites for hydroxylation is 1. The molecule has 0 atom stereocenters. The van der Waals surface area contributed by atoms with Crippen LogP contribution in [-0.4, -0.2) is 29.9 Å². The summed E-state index contributed by atoms with van der Waals surface area (Å²) in [6.07, 6.45) is 1.37. The van der Waals surface area contributed by atoms with E-state index in [4.69, 9.17) is 6.85 Å². The van der Waals surface area contributed by atoms with Gasteiger partial charge in [-0.25, -0.2) is 22.2 Å². The van der Waals surface area contributed by atoms with Gasteiger partial charge in [0.25, 0.3) is 0 Å². The van der Waals surface area contributed by atoms with Crippen LogP contribution in [0.3, 0.4) is 0 Å². The van der Waals surface area contributed by atoms with E-state index in [1.807, 2.05) is 0 Å². The van der Waals surface area contributed by atoms with Crippen molar-refractivity contribution in [1.82, 2.24) is 9.97 Å². The Kier molecular flexibility index (Phi) is 3.50. The van der Waals surface area contributed by atoms with Crippen LogP contribution in [0.5, 0.6) is 0 Å². The first-order valence-corrected chi connectivity index (χ1v) is 9.10. The third-order valence-electron chi connectivity index (χ3n) is 3.74. The summed E-state index contributed by atoms with van der Waals surface area (Å²) in [6, 6.07) is 2.90. The van der Waals surface area contributed by atoms with Crippen molar-refractivity contribution in [2.24, 2.45) is 0 Å². The summed E-state index contributed by atoms with van der Waals surface area (Å²) in [6.45, 7) is -1.22. The van der Waals surface area contributed by atoms with E-state index in [0.29, 0.717) is 28.7 Å². The molecule has 0 spiro atoms. The van der Waals surface area contributed by atoms with Gasteiger partial charge < -0.3 is 4.98 Å². The van der Waals surface area contributed by atoms with E-state index in [0.717, 1.165) is 0 Å². The lowest BCUT2D eigenvalue weighted by molar-refractivity contribution is 0.103. The Morgan fingerprint density at radius 2 is 2.19 bits per heavy atom. The minimum Gasteiger partial charge on any atom is -0.345 e. The van der Waals surface area contributed by atoms with Crippen molar-refractivity contribution in [3.05, 3.63) is 58.9 Å². The summed E-state index contributed by atoms with van der Waals surface area (Å²) in [5.41, 5.74) is -4.39. The molecule has 3 rings (SSSR count). The SMILES string of the molecule is [2H]C([2H])([2H])CC([2H])([2H])S(=O)(=O)Nc1ccc(F)c(C(=O)c2c[nH]c3ncc(C)cc23)c1F. The van der Waals surface area contributed by atoms with Gasteiger partial charge in [-0.2, -0.15) is 0 Å². The number of rotatable bonds is 6. The molecule has 9 heteroatoms. The van der Waals surface area contributed by atoms with Crippen LogP contribution in [0.4, 0.5) is 14.5 Å². The predicted octanol–water partition coefficient (Wildman–Crippen LogP) is 3.53. The van der Waals surface area contributed by atoms with Crippen LogP contribution in [0.15, 0.2) is 30.6 Å². The third-order valence-corrected chi connectivity index (χ3v) is 4.75. The van der Waals surface area contributed by atoms with Gasteiger partial charge in [-0.3, -0.25) is 9.52 Å². The number of nitrogens with one attached hydrogen (secondary N) is 2. The zero-order chi connectivity index (χ0) is 24.1. The first-order chi connectivity index (χ1) is 14.6. The van der Waals surface area contributed by atoms with Crippen molar-refractivity contribution < 1.29 is 28.8 Å². The van der Waals surface area contributed by atoms with E-state index >= 15 is 4.39 Å². The molecule has 0 fully saturated rings. The molecular formula is C18H17F2N3O3S. The average molecular weight is 398 g/mol. The number of aromatic nitrogens is 2. The van der Waals surface area contributed by atoms with Crippen LogP contribution >= 0.6 is 0 Å². The van der Waals surface area contributed by atoms with Crippen molar-refractivity contribution in [3.63, 3.8) is 0 Å². The Bertz CT molecular complexity index is 1320. The molecule has 0 aliphatic heterocycles. The Balaban J connectivity index is 2.04. The molecule has 2 heterocycles. The Morgan fingerprint density at radius 3 is 2.93 bits per heavy atom.